The highest BCUT2D eigenvalue weighted by Gasteiger charge is 2.11. The normalized spacial score (nSPS) is 19.8. The van der Waals surface area contributed by atoms with Gasteiger partial charge in [-0.05, 0) is 25.9 Å². The van der Waals surface area contributed by atoms with Gasteiger partial charge in [0.15, 0.2) is 0 Å². The topological polar surface area (TPSA) is 58.4 Å². The van der Waals surface area contributed by atoms with Crippen LogP contribution in [-0.2, 0) is 4.79 Å². The van der Waals surface area contributed by atoms with Crippen LogP contribution in [0.1, 0.15) is 19.8 Å². The van der Waals surface area contributed by atoms with Gasteiger partial charge in [-0.2, -0.15) is 0 Å². The summed E-state index contributed by atoms with van der Waals surface area (Å²) in [6, 6.07) is 0. The van der Waals surface area contributed by atoms with Crippen LogP contribution in [0.5, 0.6) is 0 Å². The second-order valence-electron chi connectivity index (χ2n) is 4.06. The Bertz CT molecular complexity index is 178. The Kier molecular flexibility index (Phi) is 4.90. The van der Waals surface area contributed by atoms with Crippen molar-refractivity contribution < 1.29 is 4.79 Å². The Labute approximate surface area is 85.8 Å². The maximum Gasteiger partial charge on any atom is 0.221 e. The van der Waals surface area contributed by atoms with Gasteiger partial charge in [-0.25, -0.2) is 0 Å². The van der Waals surface area contributed by atoms with Crippen LogP contribution in [0.4, 0.5) is 0 Å². The van der Waals surface area contributed by atoms with Crippen molar-refractivity contribution in [2.24, 2.45) is 11.7 Å². The second-order valence-corrected chi connectivity index (χ2v) is 4.06. The Morgan fingerprint density at radius 3 is 2.71 bits per heavy atom. The minimum Gasteiger partial charge on any atom is -0.369 e. The van der Waals surface area contributed by atoms with Crippen molar-refractivity contribution >= 4 is 5.91 Å². The largest absolute Gasteiger partial charge is 0.369 e. The van der Waals surface area contributed by atoms with E-state index in [2.05, 4.69) is 10.2 Å². The SMILES string of the molecule is CC(CNCCN1CCCC1)C(N)=O. The summed E-state index contributed by atoms with van der Waals surface area (Å²) in [5.74, 6) is -0.285. The van der Waals surface area contributed by atoms with Crippen LogP contribution in [0.2, 0.25) is 0 Å². The molecular weight excluding hydrogens is 178 g/mol. The zero-order valence-electron chi connectivity index (χ0n) is 8.96. The van der Waals surface area contributed by atoms with E-state index < -0.39 is 0 Å². The molecule has 0 bridgehead atoms. The number of likely N-dealkylation sites (tertiary alicyclic amines) is 1. The molecule has 0 radical (unpaired) electrons. The van der Waals surface area contributed by atoms with E-state index in [9.17, 15) is 4.79 Å². The van der Waals surface area contributed by atoms with Crippen molar-refractivity contribution in [1.82, 2.24) is 10.2 Å². The van der Waals surface area contributed by atoms with E-state index in [0.29, 0.717) is 6.54 Å². The maximum absolute atomic E-state index is 10.7. The molecule has 14 heavy (non-hydrogen) atoms. The van der Waals surface area contributed by atoms with Gasteiger partial charge in [-0.3, -0.25) is 4.79 Å². The summed E-state index contributed by atoms with van der Waals surface area (Å²) in [7, 11) is 0. The van der Waals surface area contributed by atoms with E-state index in [0.717, 1.165) is 13.1 Å². The predicted molar refractivity (Wildman–Crippen MR) is 56.9 cm³/mol. The molecule has 4 heteroatoms. The van der Waals surface area contributed by atoms with E-state index in [1.807, 2.05) is 6.92 Å². The molecule has 1 aliphatic heterocycles. The summed E-state index contributed by atoms with van der Waals surface area (Å²) in [6.45, 7) is 7.05. The van der Waals surface area contributed by atoms with Crippen molar-refractivity contribution in [1.29, 1.82) is 0 Å². The van der Waals surface area contributed by atoms with Crippen LogP contribution in [0.3, 0.4) is 0 Å². The van der Waals surface area contributed by atoms with Gasteiger partial charge in [0.05, 0.1) is 0 Å². The fraction of sp³-hybridized carbons (Fsp3) is 0.900. The number of carbonyl (C=O) groups excluding carboxylic acids is 1. The zero-order valence-corrected chi connectivity index (χ0v) is 8.96. The van der Waals surface area contributed by atoms with E-state index >= 15 is 0 Å². The Morgan fingerprint density at radius 1 is 1.50 bits per heavy atom. The monoisotopic (exact) mass is 199 g/mol. The summed E-state index contributed by atoms with van der Waals surface area (Å²) >= 11 is 0. The molecule has 0 spiro atoms. The molecule has 1 atom stereocenters. The number of nitrogens with two attached hydrogens (primary N) is 1. The highest BCUT2D eigenvalue weighted by Crippen LogP contribution is 2.05. The molecular formula is C10H21N3O. The number of hydrogen-bond acceptors (Lipinski definition) is 3. The third-order valence-corrected chi connectivity index (χ3v) is 2.74. The molecule has 1 unspecified atom stereocenters. The van der Waals surface area contributed by atoms with E-state index in [1.54, 1.807) is 0 Å². The lowest BCUT2D eigenvalue weighted by atomic mass is 10.2. The fourth-order valence-electron chi connectivity index (χ4n) is 1.66. The van der Waals surface area contributed by atoms with Crippen molar-refractivity contribution in [3.05, 3.63) is 0 Å². The molecule has 0 aromatic rings. The van der Waals surface area contributed by atoms with E-state index in [4.69, 9.17) is 5.73 Å². The molecule has 0 aromatic heterocycles. The number of rotatable bonds is 6. The summed E-state index contributed by atoms with van der Waals surface area (Å²) in [4.78, 5) is 13.2. The van der Waals surface area contributed by atoms with Crippen molar-refractivity contribution in [3.63, 3.8) is 0 Å². The van der Waals surface area contributed by atoms with Gasteiger partial charge in [-0.15, -0.1) is 0 Å². The highest BCUT2D eigenvalue weighted by atomic mass is 16.1. The van der Waals surface area contributed by atoms with Gasteiger partial charge in [0, 0.05) is 25.6 Å². The third-order valence-electron chi connectivity index (χ3n) is 2.74. The first-order valence-corrected chi connectivity index (χ1v) is 5.42. The quantitative estimate of drug-likeness (QED) is 0.582. The fourth-order valence-corrected chi connectivity index (χ4v) is 1.66. The van der Waals surface area contributed by atoms with Crippen LogP contribution in [0.25, 0.3) is 0 Å². The first kappa shape index (κ1) is 11.5. The van der Waals surface area contributed by atoms with E-state index in [-0.39, 0.29) is 11.8 Å². The molecule has 0 saturated carbocycles. The van der Waals surface area contributed by atoms with Crippen LogP contribution < -0.4 is 11.1 Å². The van der Waals surface area contributed by atoms with Crippen molar-refractivity contribution in [3.8, 4) is 0 Å². The Hall–Kier alpha value is -0.610. The van der Waals surface area contributed by atoms with Gasteiger partial charge in [0.2, 0.25) is 5.91 Å². The lowest BCUT2D eigenvalue weighted by Gasteiger charge is -2.15. The predicted octanol–water partition coefficient (Wildman–Crippen LogP) is -0.207. The van der Waals surface area contributed by atoms with Crippen molar-refractivity contribution in [2.45, 2.75) is 19.8 Å². The standard InChI is InChI=1S/C10H21N3O/c1-9(10(11)14)8-12-4-7-13-5-2-3-6-13/h9,12H,2-8H2,1H3,(H2,11,14). The zero-order chi connectivity index (χ0) is 10.4. The lowest BCUT2D eigenvalue weighted by molar-refractivity contribution is -0.121. The van der Waals surface area contributed by atoms with Crippen LogP contribution >= 0.6 is 0 Å². The second kappa shape index (κ2) is 5.98. The molecule has 0 aliphatic carbocycles. The van der Waals surface area contributed by atoms with Gasteiger partial charge in [0.25, 0.3) is 0 Å². The molecule has 82 valence electrons. The van der Waals surface area contributed by atoms with Gasteiger partial charge in [-0.1, -0.05) is 6.92 Å². The number of carbonyl (C=O) groups is 1. The molecule has 1 aliphatic rings. The smallest absolute Gasteiger partial charge is 0.221 e. The summed E-state index contributed by atoms with van der Waals surface area (Å²) in [5, 5.41) is 3.25. The average molecular weight is 199 g/mol. The minimum atomic E-state index is -0.223. The summed E-state index contributed by atoms with van der Waals surface area (Å²) in [5.41, 5.74) is 5.15. The molecule has 1 saturated heterocycles. The van der Waals surface area contributed by atoms with Crippen LogP contribution in [0, 0.1) is 5.92 Å². The minimum absolute atomic E-state index is 0.0615. The number of nitrogens with one attached hydrogen (secondary N) is 1. The first-order valence-electron chi connectivity index (χ1n) is 5.42. The molecule has 1 fully saturated rings. The van der Waals surface area contributed by atoms with Crippen molar-refractivity contribution in [2.75, 3.05) is 32.7 Å². The molecule has 1 rings (SSSR count). The molecule has 0 aromatic carbocycles. The molecule has 3 N–H and O–H groups in total. The van der Waals surface area contributed by atoms with E-state index in [1.165, 1.54) is 25.9 Å². The Morgan fingerprint density at radius 2 is 2.14 bits per heavy atom. The van der Waals surface area contributed by atoms with Gasteiger partial charge < -0.3 is 16.0 Å². The molecule has 1 heterocycles. The summed E-state index contributed by atoms with van der Waals surface area (Å²) in [6.07, 6.45) is 2.66. The number of primary amides is 1. The molecule has 4 nitrogen and oxygen atoms in total. The summed E-state index contributed by atoms with van der Waals surface area (Å²) < 4.78 is 0. The van der Waals surface area contributed by atoms with Crippen LogP contribution in [-0.4, -0.2) is 43.5 Å². The first-order chi connectivity index (χ1) is 6.70. The average Bonchev–Trinajstić information content (AvgIpc) is 2.64. The van der Waals surface area contributed by atoms with Crippen LogP contribution in [0.15, 0.2) is 0 Å². The Balaban J connectivity index is 1.95. The molecule has 1 amide bonds. The lowest BCUT2D eigenvalue weighted by Crippen LogP contribution is -2.35. The van der Waals surface area contributed by atoms with Gasteiger partial charge >= 0.3 is 0 Å². The maximum atomic E-state index is 10.7. The third kappa shape index (κ3) is 4.07. The number of amides is 1. The number of nitrogens with zero attached hydrogens (tertiary/aromatic N) is 1. The van der Waals surface area contributed by atoms with Gasteiger partial charge in [0.1, 0.15) is 0 Å². The highest BCUT2D eigenvalue weighted by molar-refractivity contribution is 5.76. The number of hydrogen-bond donors (Lipinski definition) is 2.